The third-order valence-electron chi connectivity index (χ3n) is 2.47. The molecule has 1 aromatic carbocycles. The van der Waals surface area contributed by atoms with E-state index in [9.17, 15) is 4.79 Å². The van der Waals surface area contributed by atoms with Gasteiger partial charge in [0.1, 0.15) is 0 Å². The lowest BCUT2D eigenvalue weighted by Crippen LogP contribution is -2.33. The Bertz CT molecular complexity index is 389. The molecule has 0 bridgehead atoms. The summed E-state index contributed by atoms with van der Waals surface area (Å²) in [6.07, 6.45) is 1.30. The first-order chi connectivity index (χ1) is 7.65. The number of benzene rings is 1. The van der Waals surface area contributed by atoms with Crippen LogP contribution in [-0.2, 0) is 11.2 Å². The van der Waals surface area contributed by atoms with Crippen molar-refractivity contribution in [3.8, 4) is 6.07 Å². The second kappa shape index (κ2) is 5.92. The molecule has 1 unspecified atom stereocenters. The quantitative estimate of drug-likeness (QED) is 0.837. The Kier molecular flexibility index (Phi) is 4.53. The first-order valence-electron chi connectivity index (χ1n) is 5.44. The van der Waals surface area contributed by atoms with Crippen LogP contribution in [0.3, 0.4) is 0 Å². The molecule has 3 nitrogen and oxygen atoms in total. The molecule has 0 saturated heterocycles. The van der Waals surface area contributed by atoms with Gasteiger partial charge in [-0.3, -0.25) is 4.79 Å². The van der Waals surface area contributed by atoms with Gasteiger partial charge >= 0.3 is 0 Å². The number of rotatable bonds is 4. The minimum absolute atomic E-state index is 0.0269. The van der Waals surface area contributed by atoms with E-state index in [1.807, 2.05) is 32.0 Å². The predicted octanol–water partition coefficient (Wildman–Crippen LogP) is 2.02. The van der Waals surface area contributed by atoms with Crippen molar-refractivity contribution in [3.05, 3.63) is 35.4 Å². The Labute approximate surface area is 96.1 Å². The van der Waals surface area contributed by atoms with E-state index in [4.69, 9.17) is 5.26 Å². The highest BCUT2D eigenvalue weighted by Crippen LogP contribution is 2.04. The Morgan fingerprint density at radius 2 is 2.06 bits per heavy atom. The van der Waals surface area contributed by atoms with Crippen LogP contribution >= 0.6 is 0 Å². The van der Waals surface area contributed by atoms with Crippen molar-refractivity contribution in [3.63, 3.8) is 0 Å². The zero-order valence-electron chi connectivity index (χ0n) is 9.66. The molecule has 3 heteroatoms. The fraction of sp³-hybridized carbons (Fsp3) is 0.385. The summed E-state index contributed by atoms with van der Waals surface area (Å²) in [6.45, 7) is 4.02. The van der Waals surface area contributed by atoms with Crippen LogP contribution in [0.15, 0.2) is 24.3 Å². The van der Waals surface area contributed by atoms with E-state index in [1.165, 1.54) is 0 Å². The van der Waals surface area contributed by atoms with Crippen molar-refractivity contribution in [1.29, 1.82) is 5.26 Å². The zero-order valence-corrected chi connectivity index (χ0v) is 9.66. The van der Waals surface area contributed by atoms with Crippen molar-refractivity contribution >= 4 is 5.91 Å². The van der Waals surface area contributed by atoms with Gasteiger partial charge in [0.15, 0.2) is 0 Å². The van der Waals surface area contributed by atoms with Crippen LogP contribution in [0.2, 0.25) is 0 Å². The van der Waals surface area contributed by atoms with E-state index in [1.54, 1.807) is 12.1 Å². The molecule has 0 heterocycles. The van der Waals surface area contributed by atoms with Gasteiger partial charge in [-0.05, 0) is 31.0 Å². The number of carbonyl (C=O) groups excluding carboxylic acids is 1. The van der Waals surface area contributed by atoms with E-state index < -0.39 is 0 Å². The van der Waals surface area contributed by atoms with Crippen LogP contribution in [-0.4, -0.2) is 11.9 Å². The van der Waals surface area contributed by atoms with E-state index in [0.29, 0.717) is 12.0 Å². The fourth-order valence-electron chi connectivity index (χ4n) is 1.31. The standard InChI is InChI=1S/C13H16N2O/c1-3-10(2)15-13(16)8-11-4-6-12(9-14)7-5-11/h4-7,10H,3,8H2,1-2H3,(H,15,16). The zero-order chi connectivity index (χ0) is 12.0. The first kappa shape index (κ1) is 12.3. The maximum absolute atomic E-state index is 11.6. The second-order valence-corrected chi connectivity index (χ2v) is 3.86. The van der Waals surface area contributed by atoms with Crippen LogP contribution in [0, 0.1) is 11.3 Å². The summed E-state index contributed by atoms with van der Waals surface area (Å²) in [4.78, 5) is 11.6. The SMILES string of the molecule is CCC(C)NC(=O)Cc1ccc(C#N)cc1. The molecule has 0 fully saturated rings. The van der Waals surface area contributed by atoms with Crippen molar-refractivity contribution in [1.82, 2.24) is 5.32 Å². The van der Waals surface area contributed by atoms with Gasteiger partial charge in [-0.25, -0.2) is 0 Å². The average molecular weight is 216 g/mol. The van der Waals surface area contributed by atoms with E-state index in [0.717, 1.165) is 12.0 Å². The van der Waals surface area contributed by atoms with Gasteiger partial charge in [0.05, 0.1) is 18.1 Å². The maximum Gasteiger partial charge on any atom is 0.224 e. The number of nitrogens with zero attached hydrogens (tertiary/aromatic N) is 1. The number of carbonyl (C=O) groups is 1. The minimum atomic E-state index is 0.0269. The molecule has 0 aromatic heterocycles. The van der Waals surface area contributed by atoms with E-state index in [2.05, 4.69) is 5.32 Å². The summed E-state index contributed by atoms with van der Waals surface area (Å²) in [5.74, 6) is 0.0269. The number of nitriles is 1. The van der Waals surface area contributed by atoms with Gasteiger partial charge in [0.2, 0.25) is 5.91 Å². The van der Waals surface area contributed by atoms with E-state index >= 15 is 0 Å². The summed E-state index contributed by atoms with van der Waals surface area (Å²) < 4.78 is 0. The van der Waals surface area contributed by atoms with Gasteiger partial charge in [-0.2, -0.15) is 5.26 Å². The smallest absolute Gasteiger partial charge is 0.224 e. The molecule has 0 radical (unpaired) electrons. The highest BCUT2D eigenvalue weighted by molar-refractivity contribution is 5.78. The van der Waals surface area contributed by atoms with Crippen molar-refractivity contribution in [2.24, 2.45) is 0 Å². The van der Waals surface area contributed by atoms with Gasteiger partial charge < -0.3 is 5.32 Å². The minimum Gasteiger partial charge on any atom is -0.353 e. The molecule has 84 valence electrons. The summed E-state index contributed by atoms with van der Waals surface area (Å²) in [7, 11) is 0. The molecule has 0 spiro atoms. The fourth-order valence-corrected chi connectivity index (χ4v) is 1.31. The average Bonchev–Trinajstić information content (AvgIpc) is 2.29. The Balaban J connectivity index is 2.53. The molecule has 1 amide bonds. The molecule has 1 rings (SSSR count). The first-order valence-corrected chi connectivity index (χ1v) is 5.44. The molecule has 0 aliphatic rings. The highest BCUT2D eigenvalue weighted by Gasteiger charge is 2.06. The molecular weight excluding hydrogens is 200 g/mol. The lowest BCUT2D eigenvalue weighted by atomic mass is 10.1. The van der Waals surface area contributed by atoms with Crippen LogP contribution in [0.5, 0.6) is 0 Å². The van der Waals surface area contributed by atoms with Crippen LogP contribution in [0.25, 0.3) is 0 Å². The van der Waals surface area contributed by atoms with E-state index in [-0.39, 0.29) is 11.9 Å². The molecule has 1 atom stereocenters. The monoisotopic (exact) mass is 216 g/mol. The predicted molar refractivity (Wildman–Crippen MR) is 62.8 cm³/mol. The largest absolute Gasteiger partial charge is 0.353 e. The number of hydrogen-bond acceptors (Lipinski definition) is 2. The Morgan fingerprint density at radius 3 is 2.56 bits per heavy atom. The molecule has 1 aromatic rings. The lowest BCUT2D eigenvalue weighted by Gasteiger charge is -2.11. The Hall–Kier alpha value is -1.82. The Morgan fingerprint density at radius 1 is 1.44 bits per heavy atom. The maximum atomic E-state index is 11.6. The lowest BCUT2D eigenvalue weighted by molar-refractivity contribution is -0.121. The van der Waals surface area contributed by atoms with Crippen LogP contribution in [0.1, 0.15) is 31.4 Å². The molecule has 1 N–H and O–H groups in total. The van der Waals surface area contributed by atoms with Gasteiger partial charge in [-0.15, -0.1) is 0 Å². The molecule has 0 aliphatic heterocycles. The van der Waals surface area contributed by atoms with Gasteiger partial charge in [-0.1, -0.05) is 19.1 Å². The topological polar surface area (TPSA) is 52.9 Å². The van der Waals surface area contributed by atoms with Crippen LogP contribution in [0.4, 0.5) is 0 Å². The second-order valence-electron chi connectivity index (χ2n) is 3.86. The van der Waals surface area contributed by atoms with Crippen molar-refractivity contribution < 1.29 is 4.79 Å². The highest BCUT2D eigenvalue weighted by atomic mass is 16.1. The third-order valence-corrected chi connectivity index (χ3v) is 2.47. The van der Waals surface area contributed by atoms with Crippen molar-refractivity contribution in [2.75, 3.05) is 0 Å². The summed E-state index contributed by atoms with van der Waals surface area (Å²) in [6, 6.07) is 9.35. The number of nitrogens with one attached hydrogen (secondary N) is 1. The molecule has 16 heavy (non-hydrogen) atoms. The summed E-state index contributed by atoms with van der Waals surface area (Å²) in [5, 5.41) is 11.5. The summed E-state index contributed by atoms with van der Waals surface area (Å²) in [5.41, 5.74) is 1.55. The molecule has 0 saturated carbocycles. The molecule has 0 aliphatic carbocycles. The summed E-state index contributed by atoms with van der Waals surface area (Å²) >= 11 is 0. The van der Waals surface area contributed by atoms with Gasteiger partial charge in [0.25, 0.3) is 0 Å². The normalized spacial score (nSPS) is 11.6. The number of hydrogen-bond donors (Lipinski definition) is 1. The number of amides is 1. The van der Waals surface area contributed by atoms with Crippen LogP contribution < -0.4 is 5.32 Å². The van der Waals surface area contributed by atoms with Crippen molar-refractivity contribution in [2.45, 2.75) is 32.7 Å². The van der Waals surface area contributed by atoms with Gasteiger partial charge in [0, 0.05) is 6.04 Å². The molecular formula is C13H16N2O. The third kappa shape index (κ3) is 3.74.